The second-order valence-electron chi connectivity index (χ2n) is 5.65. The van der Waals surface area contributed by atoms with E-state index in [-0.39, 0.29) is 6.03 Å². The molecule has 0 spiro atoms. The number of benzene rings is 1. The van der Waals surface area contributed by atoms with Gasteiger partial charge in [-0.2, -0.15) is 0 Å². The van der Waals surface area contributed by atoms with Crippen molar-refractivity contribution < 1.29 is 4.79 Å². The van der Waals surface area contributed by atoms with Crippen molar-refractivity contribution in [3.8, 4) is 0 Å². The molecule has 0 saturated carbocycles. The highest BCUT2D eigenvalue weighted by molar-refractivity contribution is 5.98. The first-order valence-corrected chi connectivity index (χ1v) is 8.05. The third-order valence-corrected chi connectivity index (χ3v) is 3.80. The maximum absolute atomic E-state index is 11.9. The lowest BCUT2D eigenvalue weighted by Crippen LogP contribution is -2.39. The summed E-state index contributed by atoms with van der Waals surface area (Å²) >= 11 is 0. The molecule has 0 bridgehead atoms. The van der Waals surface area contributed by atoms with Gasteiger partial charge in [0.25, 0.3) is 0 Å². The Morgan fingerprint density at radius 1 is 1.21 bits per heavy atom. The Hall–Kier alpha value is -2.89. The smallest absolute Gasteiger partial charge is 0.319 e. The SMILES string of the molecule is Cc1ccc(NC(=O)NCCN2CCN=C2c2ccccn2)cc1. The van der Waals surface area contributed by atoms with Gasteiger partial charge in [0.05, 0.1) is 6.54 Å². The summed E-state index contributed by atoms with van der Waals surface area (Å²) in [5.41, 5.74) is 2.82. The third kappa shape index (κ3) is 4.10. The normalized spacial score (nSPS) is 13.5. The molecule has 2 N–H and O–H groups in total. The topological polar surface area (TPSA) is 69.6 Å². The maximum atomic E-state index is 11.9. The molecule has 0 unspecified atom stereocenters. The van der Waals surface area contributed by atoms with Gasteiger partial charge in [0, 0.05) is 31.5 Å². The van der Waals surface area contributed by atoms with Gasteiger partial charge in [-0.05, 0) is 31.2 Å². The average Bonchev–Trinajstić information content (AvgIpc) is 3.06. The number of aliphatic imine (C=N–C) groups is 1. The zero-order valence-corrected chi connectivity index (χ0v) is 13.7. The number of aryl methyl sites for hydroxylation is 1. The molecule has 0 radical (unpaired) electrons. The second kappa shape index (κ2) is 7.59. The maximum Gasteiger partial charge on any atom is 0.319 e. The molecule has 0 fully saturated rings. The number of urea groups is 1. The molecule has 0 saturated heterocycles. The van der Waals surface area contributed by atoms with Gasteiger partial charge in [-0.1, -0.05) is 23.8 Å². The van der Waals surface area contributed by atoms with E-state index in [4.69, 9.17) is 0 Å². The lowest BCUT2D eigenvalue weighted by Gasteiger charge is -2.20. The van der Waals surface area contributed by atoms with Crippen LogP contribution in [0.15, 0.2) is 53.7 Å². The molecule has 1 aromatic heterocycles. The highest BCUT2D eigenvalue weighted by Gasteiger charge is 2.19. The number of amides is 2. The number of hydrogen-bond acceptors (Lipinski definition) is 4. The summed E-state index contributed by atoms with van der Waals surface area (Å²) in [5, 5.41) is 5.70. The monoisotopic (exact) mass is 323 g/mol. The molecule has 2 aromatic rings. The number of carbonyl (C=O) groups excluding carboxylic acids is 1. The first kappa shape index (κ1) is 16.0. The number of pyridine rings is 1. The van der Waals surface area contributed by atoms with Crippen LogP contribution >= 0.6 is 0 Å². The number of nitrogens with one attached hydrogen (secondary N) is 2. The number of rotatable bonds is 5. The van der Waals surface area contributed by atoms with Crippen LogP contribution in [0.4, 0.5) is 10.5 Å². The quantitative estimate of drug-likeness (QED) is 0.887. The van der Waals surface area contributed by atoms with Crippen molar-refractivity contribution in [3.05, 3.63) is 59.9 Å². The minimum absolute atomic E-state index is 0.200. The summed E-state index contributed by atoms with van der Waals surface area (Å²) in [7, 11) is 0. The number of nitrogens with zero attached hydrogens (tertiary/aromatic N) is 3. The molecular weight excluding hydrogens is 302 g/mol. The highest BCUT2D eigenvalue weighted by Crippen LogP contribution is 2.09. The lowest BCUT2D eigenvalue weighted by atomic mass is 10.2. The molecule has 1 aliphatic heterocycles. The Kier molecular flexibility index (Phi) is 5.05. The van der Waals surface area contributed by atoms with Crippen LogP contribution in [0.3, 0.4) is 0 Å². The van der Waals surface area contributed by atoms with Gasteiger partial charge in [-0.15, -0.1) is 0 Å². The zero-order valence-electron chi connectivity index (χ0n) is 13.7. The largest absolute Gasteiger partial charge is 0.351 e. The molecule has 1 aromatic carbocycles. The van der Waals surface area contributed by atoms with E-state index >= 15 is 0 Å². The molecule has 0 aliphatic carbocycles. The van der Waals surface area contributed by atoms with E-state index < -0.39 is 0 Å². The van der Waals surface area contributed by atoms with Crippen molar-refractivity contribution >= 4 is 17.6 Å². The Balaban J connectivity index is 1.47. The molecule has 0 atom stereocenters. The van der Waals surface area contributed by atoms with E-state index in [2.05, 4.69) is 25.5 Å². The van der Waals surface area contributed by atoms with Crippen LogP contribution in [0.1, 0.15) is 11.3 Å². The Morgan fingerprint density at radius 3 is 2.79 bits per heavy atom. The second-order valence-corrected chi connectivity index (χ2v) is 5.65. The average molecular weight is 323 g/mol. The number of hydrogen-bond donors (Lipinski definition) is 2. The van der Waals surface area contributed by atoms with E-state index in [1.807, 2.05) is 49.4 Å². The van der Waals surface area contributed by atoms with Gasteiger partial charge in [-0.3, -0.25) is 9.98 Å². The van der Waals surface area contributed by atoms with Crippen LogP contribution in [-0.2, 0) is 0 Å². The van der Waals surface area contributed by atoms with Crippen LogP contribution < -0.4 is 10.6 Å². The van der Waals surface area contributed by atoms with E-state index in [1.165, 1.54) is 0 Å². The fourth-order valence-electron chi connectivity index (χ4n) is 2.55. The van der Waals surface area contributed by atoms with Gasteiger partial charge in [-0.25, -0.2) is 4.79 Å². The lowest BCUT2D eigenvalue weighted by molar-refractivity contribution is 0.251. The van der Waals surface area contributed by atoms with Crippen molar-refractivity contribution in [2.45, 2.75) is 6.92 Å². The molecule has 3 rings (SSSR count). The molecule has 24 heavy (non-hydrogen) atoms. The summed E-state index contributed by atoms with van der Waals surface area (Å²) in [4.78, 5) is 22.9. The summed E-state index contributed by atoms with van der Waals surface area (Å²) < 4.78 is 0. The zero-order chi connectivity index (χ0) is 16.8. The summed E-state index contributed by atoms with van der Waals surface area (Å²) in [6.45, 7) is 4.88. The number of anilines is 1. The molecule has 124 valence electrons. The fraction of sp³-hybridized carbons (Fsp3) is 0.278. The first-order chi connectivity index (χ1) is 11.7. The Morgan fingerprint density at radius 2 is 2.04 bits per heavy atom. The molecule has 6 nitrogen and oxygen atoms in total. The van der Waals surface area contributed by atoms with Gasteiger partial charge in [0.1, 0.15) is 11.5 Å². The third-order valence-electron chi connectivity index (χ3n) is 3.80. The van der Waals surface area contributed by atoms with Crippen molar-refractivity contribution in [2.24, 2.45) is 4.99 Å². The number of aromatic nitrogens is 1. The van der Waals surface area contributed by atoms with Crippen LogP contribution in [0.2, 0.25) is 0 Å². The highest BCUT2D eigenvalue weighted by atomic mass is 16.2. The van der Waals surface area contributed by atoms with Crippen molar-refractivity contribution in [1.82, 2.24) is 15.2 Å². The molecular formula is C18H21N5O. The summed E-state index contributed by atoms with van der Waals surface area (Å²) in [6.07, 6.45) is 1.77. The predicted octanol–water partition coefficient (Wildman–Crippen LogP) is 2.27. The Labute approximate surface area is 141 Å². The van der Waals surface area contributed by atoms with Crippen molar-refractivity contribution in [3.63, 3.8) is 0 Å². The molecule has 2 heterocycles. The molecule has 2 amide bonds. The summed E-state index contributed by atoms with van der Waals surface area (Å²) in [5.74, 6) is 0.899. The number of amidine groups is 1. The standard InChI is InChI=1S/C18H21N5O/c1-14-5-7-15(8-6-14)22-18(24)21-11-13-23-12-10-20-17(23)16-4-2-3-9-19-16/h2-9H,10-13H2,1H3,(H2,21,22,24). The van der Waals surface area contributed by atoms with E-state index in [9.17, 15) is 4.79 Å². The van der Waals surface area contributed by atoms with Crippen LogP contribution in [0.25, 0.3) is 0 Å². The van der Waals surface area contributed by atoms with Crippen molar-refractivity contribution in [1.29, 1.82) is 0 Å². The van der Waals surface area contributed by atoms with E-state index in [1.54, 1.807) is 6.20 Å². The van der Waals surface area contributed by atoms with Gasteiger partial charge < -0.3 is 15.5 Å². The Bertz CT molecular complexity index is 712. The van der Waals surface area contributed by atoms with Crippen LogP contribution in [0, 0.1) is 6.92 Å². The van der Waals surface area contributed by atoms with E-state index in [0.29, 0.717) is 13.1 Å². The summed E-state index contributed by atoms with van der Waals surface area (Å²) in [6, 6.07) is 13.3. The number of carbonyl (C=O) groups is 1. The van der Waals surface area contributed by atoms with Crippen LogP contribution in [0.5, 0.6) is 0 Å². The minimum atomic E-state index is -0.200. The predicted molar refractivity (Wildman–Crippen MR) is 95.4 cm³/mol. The molecule has 6 heteroatoms. The fourth-order valence-corrected chi connectivity index (χ4v) is 2.55. The van der Waals surface area contributed by atoms with Crippen molar-refractivity contribution in [2.75, 3.05) is 31.5 Å². The minimum Gasteiger partial charge on any atom is -0.351 e. The molecule has 1 aliphatic rings. The van der Waals surface area contributed by atoms with Gasteiger partial charge in [0.15, 0.2) is 0 Å². The van der Waals surface area contributed by atoms with Gasteiger partial charge >= 0.3 is 6.03 Å². The van der Waals surface area contributed by atoms with E-state index in [0.717, 1.165) is 35.9 Å². The van der Waals surface area contributed by atoms with Gasteiger partial charge in [0.2, 0.25) is 0 Å². The van der Waals surface area contributed by atoms with Crippen LogP contribution in [-0.4, -0.2) is 47.9 Å². The first-order valence-electron chi connectivity index (χ1n) is 8.05.